The van der Waals surface area contributed by atoms with Crippen LogP contribution in [0, 0.1) is 0 Å². The first-order valence-electron chi connectivity index (χ1n) is 9.84. The molecule has 1 fully saturated rings. The number of hydrazine groups is 1. The number of amidine groups is 1. The molecule has 6 nitrogen and oxygen atoms in total. The van der Waals surface area contributed by atoms with Gasteiger partial charge in [-0.2, -0.15) is 5.10 Å². The highest BCUT2D eigenvalue weighted by Gasteiger charge is 2.26. The zero-order chi connectivity index (χ0) is 19.3. The fraction of sp³-hybridized carbons (Fsp3) is 0.318. The lowest BCUT2D eigenvalue weighted by molar-refractivity contribution is 0.255. The average Bonchev–Trinajstić information content (AvgIpc) is 2.75. The monoisotopic (exact) mass is 377 g/mol. The predicted molar refractivity (Wildman–Crippen MR) is 113 cm³/mol. The number of nitrogens with one attached hydrogen (secondary N) is 1. The number of benzene rings is 2. The van der Waals surface area contributed by atoms with E-state index in [0.29, 0.717) is 5.84 Å². The van der Waals surface area contributed by atoms with E-state index in [4.69, 9.17) is 16.4 Å². The number of hydrazone groups is 1. The normalized spacial score (nSPS) is 17.0. The number of hydrogen-bond donors (Lipinski definition) is 3. The van der Waals surface area contributed by atoms with Gasteiger partial charge in [-0.15, -0.1) is 0 Å². The highest BCUT2D eigenvalue weighted by molar-refractivity contribution is 5.89. The summed E-state index contributed by atoms with van der Waals surface area (Å²) in [6.07, 6.45) is 3.91. The molecule has 0 unspecified atom stereocenters. The molecule has 2 heterocycles. The topological polar surface area (TPSA) is 88.9 Å². The molecule has 0 bridgehead atoms. The van der Waals surface area contributed by atoms with Crippen molar-refractivity contribution in [2.45, 2.75) is 25.7 Å². The summed E-state index contributed by atoms with van der Waals surface area (Å²) in [6, 6.07) is 16.7. The summed E-state index contributed by atoms with van der Waals surface area (Å²) in [4.78, 5) is 2.51. The lowest BCUT2D eigenvalue weighted by Crippen LogP contribution is -2.34. The van der Waals surface area contributed by atoms with Gasteiger partial charge in [-0.05, 0) is 43.5 Å². The highest BCUT2D eigenvalue weighted by Crippen LogP contribution is 2.46. The van der Waals surface area contributed by atoms with E-state index in [2.05, 4.69) is 51.8 Å². The van der Waals surface area contributed by atoms with Crippen LogP contribution in [0.3, 0.4) is 0 Å². The van der Waals surface area contributed by atoms with Gasteiger partial charge in [0.15, 0.2) is 0 Å². The molecule has 4 rings (SSSR count). The zero-order valence-electron chi connectivity index (χ0n) is 16.0. The van der Waals surface area contributed by atoms with E-state index >= 15 is 0 Å². The van der Waals surface area contributed by atoms with Crippen LogP contribution >= 0.6 is 0 Å². The number of nitrogens with two attached hydrogens (primary N) is 2. The molecule has 2 aromatic carbocycles. The Bertz CT molecular complexity index is 848. The Balaban J connectivity index is 1.50. The van der Waals surface area contributed by atoms with E-state index in [1.54, 1.807) is 0 Å². The van der Waals surface area contributed by atoms with Gasteiger partial charge in [-0.3, -0.25) is 0 Å². The first-order chi connectivity index (χ1) is 13.8. The minimum absolute atomic E-state index is 0.648. The Hall–Kier alpha value is -2.83. The SMILES string of the molecule is N/N=C(/CCCN1CCC(=C2c3ccccc3Oc3ccccc32)CC1)NN. The zero-order valence-corrected chi connectivity index (χ0v) is 16.0. The first-order valence-corrected chi connectivity index (χ1v) is 9.84. The van der Waals surface area contributed by atoms with Gasteiger partial charge in [-0.1, -0.05) is 42.0 Å². The van der Waals surface area contributed by atoms with Crippen molar-refractivity contribution in [3.63, 3.8) is 0 Å². The summed E-state index contributed by atoms with van der Waals surface area (Å²) >= 11 is 0. The Labute approximate surface area is 165 Å². The van der Waals surface area contributed by atoms with Crippen molar-refractivity contribution >= 4 is 11.4 Å². The molecule has 1 saturated heterocycles. The number of fused-ring (bicyclic) bond motifs is 2. The molecular formula is C22H27N5O. The van der Waals surface area contributed by atoms with Crippen LogP contribution in [0.1, 0.15) is 36.8 Å². The lowest BCUT2D eigenvalue weighted by Gasteiger charge is -2.32. The third kappa shape index (κ3) is 3.74. The van der Waals surface area contributed by atoms with E-state index in [9.17, 15) is 0 Å². The molecule has 5 N–H and O–H groups in total. The molecule has 2 aliphatic rings. The number of piperidine rings is 1. The summed E-state index contributed by atoms with van der Waals surface area (Å²) in [7, 11) is 0. The Kier molecular flexibility index (Phi) is 5.60. The second-order valence-corrected chi connectivity index (χ2v) is 7.24. The molecule has 0 spiro atoms. The summed E-state index contributed by atoms with van der Waals surface area (Å²) in [5.74, 6) is 13.2. The van der Waals surface area contributed by atoms with Crippen LogP contribution in [0.2, 0.25) is 0 Å². The number of rotatable bonds is 4. The van der Waals surface area contributed by atoms with Crippen LogP contribution in [0.25, 0.3) is 5.57 Å². The molecule has 0 radical (unpaired) electrons. The fourth-order valence-corrected chi connectivity index (χ4v) is 4.11. The largest absolute Gasteiger partial charge is 0.456 e. The summed E-state index contributed by atoms with van der Waals surface area (Å²) in [5.41, 5.74) is 7.85. The average molecular weight is 377 g/mol. The summed E-state index contributed by atoms with van der Waals surface area (Å²) in [5, 5.41) is 3.65. The molecule has 2 aromatic rings. The van der Waals surface area contributed by atoms with Gasteiger partial charge in [0.25, 0.3) is 0 Å². The molecule has 28 heavy (non-hydrogen) atoms. The van der Waals surface area contributed by atoms with E-state index in [1.165, 1.54) is 22.3 Å². The molecule has 0 aromatic heterocycles. The van der Waals surface area contributed by atoms with Crippen molar-refractivity contribution in [3.05, 3.63) is 65.2 Å². The van der Waals surface area contributed by atoms with E-state index < -0.39 is 0 Å². The van der Waals surface area contributed by atoms with Crippen molar-refractivity contribution in [1.82, 2.24) is 10.3 Å². The van der Waals surface area contributed by atoms with Crippen LogP contribution in [-0.4, -0.2) is 30.4 Å². The highest BCUT2D eigenvalue weighted by atomic mass is 16.5. The van der Waals surface area contributed by atoms with Crippen molar-refractivity contribution in [3.8, 4) is 11.5 Å². The van der Waals surface area contributed by atoms with Crippen LogP contribution in [0.5, 0.6) is 11.5 Å². The second kappa shape index (κ2) is 8.46. The van der Waals surface area contributed by atoms with Crippen molar-refractivity contribution < 1.29 is 4.74 Å². The molecular weight excluding hydrogens is 350 g/mol. The smallest absolute Gasteiger partial charge is 0.135 e. The molecule has 6 heteroatoms. The van der Waals surface area contributed by atoms with Crippen LogP contribution in [0.4, 0.5) is 0 Å². The summed E-state index contributed by atoms with van der Waals surface area (Å²) < 4.78 is 6.13. The van der Waals surface area contributed by atoms with Gasteiger partial charge in [0.2, 0.25) is 0 Å². The van der Waals surface area contributed by atoms with Gasteiger partial charge >= 0.3 is 0 Å². The third-order valence-corrected chi connectivity index (χ3v) is 5.56. The molecule has 0 saturated carbocycles. The van der Waals surface area contributed by atoms with Crippen LogP contribution in [-0.2, 0) is 0 Å². The minimum atomic E-state index is 0.648. The molecule has 0 atom stereocenters. The maximum absolute atomic E-state index is 6.13. The Morgan fingerprint density at radius 2 is 1.61 bits per heavy atom. The van der Waals surface area contributed by atoms with Crippen LogP contribution in [0.15, 0.2) is 59.2 Å². The molecule has 2 aliphatic heterocycles. The third-order valence-electron chi connectivity index (χ3n) is 5.56. The fourth-order valence-electron chi connectivity index (χ4n) is 4.11. The van der Waals surface area contributed by atoms with Crippen molar-refractivity contribution in [1.29, 1.82) is 0 Å². The first kappa shape index (κ1) is 18.5. The molecule has 0 aliphatic carbocycles. The second-order valence-electron chi connectivity index (χ2n) is 7.24. The molecule has 0 amide bonds. The maximum atomic E-state index is 6.13. The number of hydrogen-bond acceptors (Lipinski definition) is 5. The van der Waals surface area contributed by atoms with Crippen LogP contribution < -0.4 is 21.8 Å². The van der Waals surface area contributed by atoms with Gasteiger partial charge in [-0.25, -0.2) is 5.84 Å². The van der Waals surface area contributed by atoms with Crippen molar-refractivity contribution in [2.24, 2.45) is 16.8 Å². The number of likely N-dealkylation sites (tertiary alicyclic amines) is 1. The number of nitrogens with zero attached hydrogens (tertiary/aromatic N) is 2. The lowest BCUT2D eigenvalue weighted by atomic mass is 9.86. The Morgan fingerprint density at radius 3 is 2.18 bits per heavy atom. The van der Waals surface area contributed by atoms with E-state index in [1.807, 2.05) is 12.1 Å². The van der Waals surface area contributed by atoms with E-state index in [0.717, 1.165) is 56.8 Å². The van der Waals surface area contributed by atoms with Gasteiger partial charge < -0.3 is 20.9 Å². The minimum Gasteiger partial charge on any atom is -0.456 e. The molecule has 146 valence electrons. The predicted octanol–water partition coefficient (Wildman–Crippen LogP) is 3.21. The van der Waals surface area contributed by atoms with Gasteiger partial charge in [0.1, 0.15) is 17.3 Å². The summed E-state index contributed by atoms with van der Waals surface area (Å²) in [6.45, 7) is 3.16. The number of ether oxygens (including phenoxy) is 1. The van der Waals surface area contributed by atoms with E-state index in [-0.39, 0.29) is 0 Å². The quantitative estimate of drug-likeness (QED) is 0.281. The van der Waals surface area contributed by atoms with Gasteiger partial charge in [0, 0.05) is 30.6 Å². The maximum Gasteiger partial charge on any atom is 0.135 e. The standard InChI is InChI=1S/C22H27N5O/c23-25-21(26-24)10-5-13-27-14-11-16(12-15-27)22-17-6-1-3-8-19(17)28-20-9-4-2-7-18(20)22/h1-4,6-9H,5,10-15,23-24H2,(H,25,26). The Morgan fingerprint density at radius 1 is 1.00 bits per heavy atom. The van der Waals surface area contributed by atoms with Crippen molar-refractivity contribution in [2.75, 3.05) is 19.6 Å². The van der Waals surface area contributed by atoms with Gasteiger partial charge in [0.05, 0.1) is 0 Å². The number of para-hydroxylation sites is 2.